The van der Waals surface area contributed by atoms with Crippen LogP contribution in [-0.4, -0.2) is 28.9 Å². The number of rotatable bonds is 6. The maximum absolute atomic E-state index is 12.8. The normalized spacial score (nSPS) is 10.8. The van der Waals surface area contributed by atoms with Gasteiger partial charge in [-0.3, -0.25) is 9.89 Å². The van der Waals surface area contributed by atoms with Gasteiger partial charge in [-0.05, 0) is 42.8 Å². The van der Waals surface area contributed by atoms with Crippen LogP contribution in [0.5, 0.6) is 5.75 Å². The Balaban J connectivity index is 1.66. The number of ether oxygens (including phenoxy) is 1. The van der Waals surface area contributed by atoms with Crippen molar-refractivity contribution in [2.45, 2.75) is 6.92 Å². The van der Waals surface area contributed by atoms with Gasteiger partial charge in [0, 0.05) is 5.56 Å². The molecule has 6 nitrogen and oxygen atoms in total. The molecule has 132 valence electrons. The number of nitrogens with zero attached hydrogens (tertiary/aromatic N) is 2. The monoisotopic (exact) mass is 352 g/mol. The minimum Gasteiger partial charge on any atom is -0.494 e. The maximum Gasteiger partial charge on any atom is 0.289 e. The van der Waals surface area contributed by atoms with E-state index in [1.807, 2.05) is 31.2 Å². The fraction of sp³-hybridized carbons (Fsp3) is 0.105. The Morgan fingerprint density at radius 2 is 2.08 bits per heavy atom. The number of benzene rings is 2. The number of hydrazone groups is 1. The van der Waals surface area contributed by atoms with Crippen molar-refractivity contribution in [2.75, 3.05) is 6.61 Å². The molecule has 0 spiro atoms. The minimum absolute atomic E-state index is 0.276. The Labute approximate surface area is 149 Å². The molecule has 3 aromatic rings. The Kier molecular flexibility index (Phi) is 5.38. The Morgan fingerprint density at radius 3 is 2.85 bits per heavy atom. The minimum atomic E-state index is -0.428. The number of halogens is 1. The maximum atomic E-state index is 12.8. The first kappa shape index (κ1) is 17.3. The van der Waals surface area contributed by atoms with Gasteiger partial charge in [0.1, 0.15) is 17.3 Å². The van der Waals surface area contributed by atoms with E-state index in [0.717, 1.165) is 11.3 Å². The second-order valence-electron chi connectivity index (χ2n) is 5.38. The fourth-order valence-corrected chi connectivity index (χ4v) is 2.27. The van der Waals surface area contributed by atoms with Crippen LogP contribution in [0.2, 0.25) is 0 Å². The Bertz CT molecular complexity index is 919. The summed E-state index contributed by atoms with van der Waals surface area (Å²) in [5.74, 6) is -0.0180. The van der Waals surface area contributed by atoms with E-state index in [2.05, 4.69) is 20.7 Å². The lowest BCUT2D eigenvalue weighted by molar-refractivity contribution is 0.0950. The first-order valence-corrected chi connectivity index (χ1v) is 8.03. The van der Waals surface area contributed by atoms with E-state index in [9.17, 15) is 9.18 Å². The SMILES string of the molecule is CCOc1cccc(-c2cc(C(=O)N/N=C/c3ccc(F)cc3)[nH]n2)c1. The molecule has 2 N–H and O–H groups in total. The van der Waals surface area contributed by atoms with Crippen LogP contribution in [0.3, 0.4) is 0 Å². The number of H-pyrrole nitrogens is 1. The summed E-state index contributed by atoms with van der Waals surface area (Å²) < 4.78 is 18.3. The van der Waals surface area contributed by atoms with E-state index in [1.54, 1.807) is 18.2 Å². The molecule has 3 rings (SSSR count). The summed E-state index contributed by atoms with van der Waals surface area (Å²) in [5, 5.41) is 10.7. The van der Waals surface area contributed by atoms with Crippen LogP contribution in [0.4, 0.5) is 4.39 Å². The van der Waals surface area contributed by atoms with Gasteiger partial charge >= 0.3 is 0 Å². The number of hydrogen-bond donors (Lipinski definition) is 2. The molecule has 0 aliphatic carbocycles. The number of amides is 1. The molecule has 0 atom stereocenters. The third kappa shape index (κ3) is 4.32. The molecule has 1 aromatic heterocycles. The average Bonchev–Trinajstić information content (AvgIpc) is 3.14. The van der Waals surface area contributed by atoms with Crippen LogP contribution in [0, 0.1) is 5.82 Å². The van der Waals surface area contributed by atoms with Gasteiger partial charge < -0.3 is 4.74 Å². The summed E-state index contributed by atoms with van der Waals surface area (Å²) in [5.41, 5.74) is 4.80. The van der Waals surface area contributed by atoms with E-state index in [0.29, 0.717) is 17.9 Å². The number of aromatic nitrogens is 2. The van der Waals surface area contributed by atoms with Crippen LogP contribution in [-0.2, 0) is 0 Å². The standard InChI is InChI=1S/C19H17FN4O2/c1-2-26-16-5-3-4-14(10-16)17-11-18(23-22-17)19(25)24-21-12-13-6-8-15(20)9-7-13/h3-12H,2H2,1H3,(H,22,23)(H,24,25)/b21-12+. The summed E-state index contributed by atoms with van der Waals surface area (Å²) >= 11 is 0. The molecule has 0 bridgehead atoms. The molecule has 26 heavy (non-hydrogen) atoms. The highest BCUT2D eigenvalue weighted by Gasteiger charge is 2.11. The van der Waals surface area contributed by atoms with E-state index in [4.69, 9.17) is 4.74 Å². The zero-order valence-corrected chi connectivity index (χ0v) is 14.1. The summed E-state index contributed by atoms with van der Waals surface area (Å²) in [6.45, 7) is 2.49. The highest BCUT2D eigenvalue weighted by Crippen LogP contribution is 2.22. The third-order valence-corrected chi connectivity index (χ3v) is 3.51. The number of hydrogen-bond acceptors (Lipinski definition) is 4. The van der Waals surface area contributed by atoms with Crippen LogP contribution < -0.4 is 10.2 Å². The highest BCUT2D eigenvalue weighted by atomic mass is 19.1. The van der Waals surface area contributed by atoms with E-state index >= 15 is 0 Å². The van der Waals surface area contributed by atoms with Crippen molar-refractivity contribution in [2.24, 2.45) is 5.10 Å². The van der Waals surface area contributed by atoms with Gasteiger partial charge in [-0.2, -0.15) is 10.2 Å². The number of carbonyl (C=O) groups is 1. The molecule has 1 amide bonds. The quantitative estimate of drug-likeness (QED) is 0.527. The molecule has 0 saturated heterocycles. The predicted molar refractivity (Wildman–Crippen MR) is 96.7 cm³/mol. The summed E-state index contributed by atoms with van der Waals surface area (Å²) in [4.78, 5) is 12.1. The summed E-state index contributed by atoms with van der Waals surface area (Å²) in [6.07, 6.45) is 1.43. The van der Waals surface area contributed by atoms with Crippen molar-refractivity contribution in [3.05, 3.63) is 71.7 Å². The van der Waals surface area contributed by atoms with E-state index < -0.39 is 5.91 Å². The van der Waals surface area contributed by atoms with Crippen molar-refractivity contribution in [1.29, 1.82) is 0 Å². The largest absolute Gasteiger partial charge is 0.494 e. The van der Waals surface area contributed by atoms with Crippen molar-refractivity contribution < 1.29 is 13.9 Å². The van der Waals surface area contributed by atoms with Crippen molar-refractivity contribution in [1.82, 2.24) is 15.6 Å². The van der Waals surface area contributed by atoms with Gasteiger partial charge in [0.15, 0.2) is 0 Å². The average molecular weight is 352 g/mol. The van der Waals surface area contributed by atoms with E-state index in [-0.39, 0.29) is 11.5 Å². The second kappa shape index (κ2) is 8.06. The van der Waals surface area contributed by atoms with Crippen molar-refractivity contribution in [3.63, 3.8) is 0 Å². The molecule has 2 aromatic carbocycles. The molecule has 0 radical (unpaired) electrons. The third-order valence-electron chi connectivity index (χ3n) is 3.51. The second-order valence-corrected chi connectivity index (χ2v) is 5.38. The molecule has 0 aliphatic heterocycles. The molecular formula is C19H17FN4O2. The smallest absolute Gasteiger partial charge is 0.289 e. The first-order valence-electron chi connectivity index (χ1n) is 8.03. The summed E-state index contributed by atoms with van der Waals surface area (Å²) in [6, 6.07) is 14.9. The highest BCUT2D eigenvalue weighted by molar-refractivity contribution is 5.94. The molecule has 0 unspecified atom stereocenters. The molecule has 0 aliphatic rings. The van der Waals surface area contributed by atoms with Crippen molar-refractivity contribution >= 4 is 12.1 Å². The number of nitrogens with one attached hydrogen (secondary N) is 2. The number of carbonyl (C=O) groups excluding carboxylic acids is 1. The van der Waals surface area contributed by atoms with Gasteiger partial charge in [0.2, 0.25) is 0 Å². The predicted octanol–water partition coefficient (Wildman–Crippen LogP) is 3.38. The molecule has 1 heterocycles. The molecular weight excluding hydrogens is 335 g/mol. The lowest BCUT2D eigenvalue weighted by Gasteiger charge is -2.03. The Hall–Kier alpha value is -3.48. The van der Waals surface area contributed by atoms with Crippen LogP contribution >= 0.6 is 0 Å². The van der Waals surface area contributed by atoms with Gasteiger partial charge in [-0.25, -0.2) is 9.82 Å². The zero-order valence-electron chi connectivity index (χ0n) is 14.1. The van der Waals surface area contributed by atoms with Gasteiger partial charge in [0.25, 0.3) is 5.91 Å². The van der Waals surface area contributed by atoms with Crippen molar-refractivity contribution in [3.8, 4) is 17.0 Å². The van der Waals surface area contributed by atoms with Crippen LogP contribution in [0.15, 0.2) is 59.7 Å². The Morgan fingerprint density at radius 1 is 1.27 bits per heavy atom. The number of aromatic amines is 1. The zero-order chi connectivity index (χ0) is 18.4. The lowest BCUT2D eigenvalue weighted by atomic mass is 10.1. The lowest BCUT2D eigenvalue weighted by Crippen LogP contribution is -2.17. The van der Waals surface area contributed by atoms with Gasteiger partial charge in [-0.15, -0.1) is 0 Å². The van der Waals surface area contributed by atoms with Gasteiger partial charge in [0.05, 0.1) is 18.5 Å². The topological polar surface area (TPSA) is 79.4 Å². The van der Waals surface area contributed by atoms with E-state index in [1.165, 1.54) is 18.3 Å². The molecule has 7 heteroatoms. The van der Waals surface area contributed by atoms with Crippen LogP contribution in [0.1, 0.15) is 23.0 Å². The molecule has 0 fully saturated rings. The molecule has 0 saturated carbocycles. The summed E-state index contributed by atoms with van der Waals surface area (Å²) in [7, 11) is 0. The van der Waals surface area contributed by atoms with Gasteiger partial charge in [-0.1, -0.05) is 24.3 Å². The fourth-order valence-electron chi connectivity index (χ4n) is 2.27. The first-order chi connectivity index (χ1) is 12.7. The van der Waals surface area contributed by atoms with Crippen LogP contribution in [0.25, 0.3) is 11.3 Å².